The quantitative estimate of drug-likeness (QED) is 0.890. The molecule has 2 aromatic rings. The van der Waals surface area contributed by atoms with Crippen molar-refractivity contribution in [3.63, 3.8) is 0 Å². The summed E-state index contributed by atoms with van der Waals surface area (Å²) in [5.74, 6) is 0. The topological polar surface area (TPSA) is 41.1 Å². The van der Waals surface area contributed by atoms with Crippen molar-refractivity contribution in [3.05, 3.63) is 53.6 Å². The summed E-state index contributed by atoms with van der Waals surface area (Å²) in [6.45, 7) is 3.52. The molecule has 4 nitrogen and oxygen atoms in total. The van der Waals surface area contributed by atoms with Gasteiger partial charge >= 0.3 is 0 Å². The Bertz CT molecular complexity index is 503. The van der Waals surface area contributed by atoms with Crippen molar-refractivity contribution in [2.45, 2.75) is 20.0 Å². The van der Waals surface area contributed by atoms with E-state index in [1.165, 1.54) is 11.3 Å². The number of hydrogen-bond acceptors (Lipinski definition) is 4. The van der Waals surface area contributed by atoms with Crippen LogP contribution in [0.15, 0.2) is 36.7 Å². The standard InChI is InChI=1S/C15H20N4/c1-12-8-18-14(11-17-12)10-16-9-13-4-6-15(7-5-13)19(2)3/h4-8,11,16H,9-10H2,1-3H3. The number of rotatable bonds is 5. The van der Waals surface area contributed by atoms with Gasteiger partial charge in [0, 0.05) is 45.3 Å². The molecule has 1 aromatic heterocycles. The minimum atomic E-state index is 0.739. The van der Waals surface area contributed by atoms with E-state index >= 15 is 0 Å². The summed E-state index contributed by atoms with van der Waals surface area (Å²) in [6.07, 6.45) is 3.61. The monoisotopic (exact) mass is 256 g/mol. The van der Waals surface area contributed by atoms with Gasteiger partial charge in [-0.25, -0.2) is 0 Å². The zero-order valence-corrected chi connectivity index (χ0v) is 11.7. The first-order valence-corrected chi connectivity index (χ1v) is 6.39. The molecule has 0 saturated heterocycles. The smallest absolute Gasteiger partial charge is 0.0724 e. The van der Waals surface area contributed by atoms with Gasteiger partial charge in [-0.1, -0.05) is 12.1 Å². The highest BCUT2D eigenvalue weighted by Crippen LogP contribution is 2.12. The second kappa shape index (κ2) is 6.29. The van der Waals surface area contributed by atoms with Crippen LogP contribution in [0.1, 0.15) is 17.0 Å². The maximum absolute atomic E-state index is 4.32. The van der Waals surface area contributed by atoms with Crippen molar-refractivity contribution in [1.29, 1.82) is 0 Å². The average molecular weight is 256 g/mol. The van der Waals surface area contributed by atoms with Crippen molar-refractivity contribution in [2.24, 2.45) is 0 Å². The van der Waals surface area contributed by atoms with Crippen molar-refractivity contribution in [3.8, 4) is 0 Å². The van der Waals surface area contributed by atoms with Crippen LogP contribution in [0.5, 0.6) is 0 Å². The van der Waals surface area contributed by atoms with E-state index in [1.54, 1.807) is 6.20 Å². The summed E-state index contributed by atoms with van der Waals surface area (Å²) in [7, 11) is 4.09. The third-order valence-corrected chi connectivity index (χ3v) is 2.92. The largest absolute Gasteiger partial charge is 0.378 e. The zero-order chi connectivity index (χ0) is 13.7. The first-order valence-electron chi connectivity index (χ1n) is 6.39. The molecule has 1 heterocycles. The number of nitrogens with one attached hydrogen (secondary N) is 1. The molecular formula is C15H20N4. The van der Waals surface area contributed by atoms with E-state index in [0.29, 0.717) is 0 Å². The van der Waals surface area contributed by atoms with Crippen LogP contribution in [0, 0.1) is 6.92 Å². The number of hydrogen-bond donors (Lipinski definition) is 1. The molecule has 0 atom stereocenters. The van der Waals surface area contributed by atoms with E-state index in [4.69, 9.17) is 0 Å². The highest BCUT2D eigenvalue weighted by atomic mass is 15.1. The van der Waals surface area contributed by atoms with Crippen LogP contribution in [-0.2, 0) is 13.1 Å². The molecule has 19 heavy (non-hydrogen) atoms. The summed E-state index contributed by atoms with van der Waals surface area (Å²) in [6, 6.07) is 8.54. The predicted molar refractivity (Wildman–Crippen MR) is 78.1 cm³/mol. The lowest BCUT2D eigenvalue weighted by Crippen LogP contribution is -2.14. The first-order chi connectivity index (χ1) is 9.15. The molecule has 0 aliphatic heterocycles. The molecule has 0 bridgehead atoms. The number of nitrogens with zero attached hydrogens (tertiary/aromatic N) is 3. The van der Waals surface area contributed by atoms with Gasteiger partial charge in [0.25, 0.3) is 0 Å². The van der Waals surface area contributed by atoms with E-state index < -0.39 is 0 Å². The lowest BCUT2D eigenvalue weighted by molar-refractivity contribution is 0.676. The molecule has 0 fully saturated rings. The lowest BCUT2D eigenvalue weighted by atomic mass is 10.2. The Labute approximate surface area is 114 Å². The highest BCUT2D eigenvalue weighted by molar-refractivity contribution is 5.45. The molecule has 1 N–H and O–H groups in total. The molecule has 0 spiro atoms. The van der Waals surface area contributed by atoms with Crippen molar-refractivity contribution < 1.29 is 0 Å². The molecule has 0 unspecified atom stereocenters. The van der Waals surface area contributed by atoms with Crippen LogP contribution in [-0.4, -0.2) is 24.1 Å². The molecule has 0 radical (unpaired) electrons. The van der Waals surface area contributed by atoms with Gasteiger partial charge in [0.15, 0.2) is 0 Å². The SMILES string of the molecule is Cc1cnc(CNCc2ccc(N(C)C)cc2)cn1. The molecule has 0 amide bonds. The second-order valence-electron chi connectivity index (χ2n) is 4.81. The van der Waals surface area contributed by atoms with Crippen LogP contribution in [0.2, 0.25) is 0 Å². The van der Waals surface area contributed by atoms with Crippen molar-refractivity contribution >= 4 is 5.69 Å². The van der Waals surface area contributed by atoms with Gasteiger partial charge < -0.3 is 10.2 Å². The number of benzene rings is 1. The summed E-state index contributed by atoms with van der Waals surface area (Å²) in [5.41, 5.74) is 4.40. The number of anilines is 1. The van der Waals surface area contributed by atoms with E-state index in [2.05, 4.69) is 44.5 Å². The Morgan fingerprint density at radius 1 is 1.00 bits per heavy atom. The van der Waals surface area contributed by atoms with Gasteiger partial charge in [0.05, 0.1) is 11.4 Å². The highest BCUT2D eigenvalue weighted by Gasteiger charge is 1.98. The Balaban J connectivity index is 1.83. The van der Waals surface area contributed by atoms with Crippen molar-refractivity contribution in [2.75, 3.05) is 19.0 Å². The van der Waals surface area contributed by atoms with Gasteiger partial charge in [-0.3, -0.25) is 9.97 Å². The van der Waals surface area contributed by atoms with Gasteiger partial charge in [0.1, 0.15) is 0 Å². The van der Waals surface area contributed by atoms with E-state index in [0.717, 1.165) is 24.5 Å². The minimum Gasteiger partial charge on any atom is -0.378 e. The van der Waals surface area contributed by atoms with Crippen LogP contribution < -0.4 is 10.2 Å². The Kier molecular flexibility index (Phi) is 4.47. The Morgan fingerprint density at radius 3 is 2.32 bits per heavy atom. The molecule has 0 aliphatic carbocycles. The summed E-state index contributed by atoms with van der Waals surface area (Å²) in [4.78, 5) is 10.6. The third kappa shape index (κ3) is 4.03. The number of aromatic nitrogens is 2. The summed E-state index contributed by atoms with van der Waals surface area (Å²) >= 11 is 0. The molecule has 4 heteroatoms. The van der Waals surface area contributed by atoms with Gasteiger partial charge in [-0.05, 0) is 24.6 Å². The maximum Gasteiger partial charge on any atom is 0.0724 e. The van der Waals surface area contributed by atoms with Crippen molar-refractivity contribution in [1.82, 2.24) is 15.3 Å². The summed E-state index contributed by atoms with van der Waals surface area (Å²) in [5, 5.41) is 3.37. The molecular weight excluding hydrogens is 236 g/mol. The fourth-order valence-electron chi connectivity index (χ4n) is 1.76. The maximum atomic E-state index is 4.32. The third-order valence-electron chi connectivity index (χ3n) is 2.92. The van der Waals surface area contributed by atoms with Gasteiger partial charge in [-0.15, -0.1) is 0 Å². The minimum absolute atomic E-state index is 0.739. The van der Waals surface area contributed by atoms with Gasteiger partial charge in [0.2, 0.25) is 0 Å². The molecule has 2 rings (SSSR count). The van der Waals surface area contributed by atoms with Crippen LogP contribution >= 0.6 is 0 Å². The molecule has 0 aliphatic rings. The molecule has 1 aromatic carbocycles. The fraction of sp³-hybridized carbons (Fsp3) is 0.333. The average Bonchev–Trinajstić information content (AvgIpc) is 2.41. The van der Waals surface area contributed by atoms with Crippen LogP contribution in [0.25, 0.3) is 0 Å². The predicted octanol–water partition coefficient (Wildman–Crippen LogP) is 2.14. The van der Waals surface area contributed by atoms with Crippen LogP contribution in [0.3, 0.4) is 0 Å². The van der Waals surface area contributed by atoms with Gasteiger partial charge in [-0.2, -0.15) is 0 Å². The Morgan fingerprint density at radius 2 is 1.74 bits per heavy atom. The van der Waals surface area contributed by atoms with Crippen LogP contribution in [0.4, 0.5) is 5.69 Å². The first kappa shape index (κ1) is 13.5. The zero-order valence-electron chi connectivity index (χ0n) is 11.7. The number of aryl methyl sites for hydroxylation is 1. The molecule has 0 saturated carbocycles. The lowest BCUT2D eigenvalue weighted by Gasteiger charge is -2.12. The summed E-state index contributed by atoms with van der Waals surface area (Å²) < 4.78 is 0. The Hall–Kier alpha value is -1.94. The molecule has 100 valence electrons. The van der Waals surface area contributed by atoms with E-state index in [-0.39, 0.29) is 0 Å². The normalized spacial score (nSPS) is 10.5. The second-order valence-corrected chi connectivity index (χ2v) is 4.81. The fourth-order valence-corrected chi connectivity index (χ4v) is 1.76. The van der Waals surface area contributed by atoms with E-state index in [1.807, 2.05) is 27.2 Å². The van der Waals surface area contributed by atoms with E-state index in [9.17, 15) is 0 Å².